The Kier molecular flexibility index (Phi) is 6.32. The molecule has 1 amide bonds. The van der Waals surface area contributed by atoms with Crippen molar-refractivity contribution < 1.29 is 9.32 Å². The SMILES string of the molecule is CC.O=C1CCCN1C1CN(c2noc(-c3ccccc3)n2)N=C1c1ccc(Cl)cc1. The molecule has 2 aliphatic heterocycles. The summed E-state index contributed by atoms with van der Waals surface area (Å²) >= 11 is 6.04. The summed E-state index contributed by atoms with van der Waals surface area (Å²) in [6.07, 6.45) is 1.44. The second kappa shape index (κ2) is 9.31. The van der Waals surface area contributed by atoms with Crippen molar-refractivity contribution in [2.45, 2.75) is 32.7 Å². The first-order valence-electron chi connectivity index (χ1n) is 10.5. The van der Waals surface area contributed by atoms with Crippen LogP contribution >= 0.6 is 11.6 Å². The van der Waals surface area contributed by atoms with Crippen molar-refractivity contribution in [3.05, 3.63) is 65.2 Å². The summed E-state index contributed by atoms with van der Waals surface area (Å²) in [4.78, 5) is 18.8. The molecule has 1 unspecified atom stereocenters. The zero-order valence-corrected chi connectivity index (χ0v) is 18.3. The van der Waals surface area contributed by atoms with Crippen LogP contribution in [0.1, 0.15) is 32.3 Å². The quantitative estimate of drug-likeness (QED) is 0.594. The van der Waals surface area contributed by atoms with Gasteiger partial charge in [0, 0.05) is 29.1 Å². The molecule has 0 radical (unpaired) electrons. The molecule has 0 N–H and O–H groups in total. The van der Waals surface area contributed by atoms with Gasteiger partial charge in [0.25, 0.3) is 11.8 Å². The monoisotopic (exact) mass is 437 g/mol. The minimum atomic E-state index is -0.162. The fourth-order valence-corrected chi connectivity index (χ4v) is 3.87. The molecule has 1 saturated heterocycles. The third-order valence-electron chi connectivity index (χ3n) is 5.18. The molecule has 7 nitrogen and oxygen atoms in total. The Bertz CT molecular complexity index is 1070. The lowest BCUT2D eigenvalue weighted by Gasteiger charge is -2.25. The predicted molar refractivity (Wildman–Crippen MR) is 121 cm³/mol. The van der Waals surface area contributed by atoms with E-state index in [0.717, 1.165) is 29.8 Å². The summed E-state index contributed by atoms with van der Waals surface area (Å²) in [7, 11) is 0. The van der Waals surface area contributed by atoms with Crippen LogP contribution in [-0.4, -0.2) is 45.8 Å². The Labute approximate surface area is 186 Å². The fraction of sp³-hybridized carbons (Fsp3) is 0.304. The number of anilines is 1. The van der Waals surface area contributed by atoms with Crippen LogP contribution in [-0.2, 0) is 4.79 Å². The molecule has 1 aromatic heterocycles. The van der Waals surface area contributed by atoms with Crippen molar-refractivity contribution in [3.8, 4) is 11.5 Å². The lowest BCUT2D eigenvalue weighted by atomic mass is 10.0. The Morgan fingerprint density at radius 1 is 1.03 bits per heavy atom. The number of hydrogen-bond donors (Lipinski definition) is 0. The first-order chi connectivity index (χ1) is 15.2. The van der Waals surface area contributed by atoms with Gasteiger partial charge >= 0.3 is 0 Å². The summed E-state index contributed by atoms with van der Waals surface area (Å²) in [5.74, 6) is 0.964. The molecule has 0 spiro atoms. The zero-order valence-electron chi connectivity index (χ0n) is 17.5. The lowest BCUT2D eigenvalue weighted by molar-refractivity contribution is -0.128. The molecular weight excluding hydrogens is 414 g/mol. The van der Waals surface area contributed by atoms with Gasteiger partial charge in [-0.25, -0.2) is 5.01 Å². The van der Waals surface area contributed by atoms with Crippen molar-refractivity contribution >= 4 is 29.2 Å². The number of hydrazone groups is 1. The minimum Gasteiger partial charge on any atom is -0.332 e. The van der Waals surface area contributed by atoms with Gasteiger partial charge in [-0.1, -0.05) is 55.8 Å². The molecule has 160 valence electrons. The highest BCUT2D eigenvalue weighted by molar-refractivity contribution is 6.30. The molecule has 3 aromatic rings. The third kappa shape index (κ3) is 4.32. The lowest BCUT2D eigenvalue weighted by Crippen LogP contribution is -2.44. The number of nitrogens with zero attached hydrogens (tertiary/aromatic N) is 5. The van der Waals surface area contributed by atoms with Gasteiger partial charge in [0.05, 0.1) is 18.3 Å². The van der Waals surface area contributed by atoms with E-state index in [-0.39, 0.29) is 11.9 Å². The molecule has 0 aliphatic carbocycles. The average molecular weight is 438 g/mol. The molecule has 1 fully saturated rings. The van der Waals surface area contributed by atoms with Gasteiger partial charge in [-0.05, 0) is 35.8 Å². The van der Waals surface area contributed by atoms with E-state index in [2.05, 4.69) is 10.1 Å². The number of carbonyl (C=O) groups excluding carboxylic acids is 1. The topological polar surface area (TPSA) is 74.8 Å². The van der Waals surface area contributed by atoms with Crippen LogP contribution in [0.3, 0.4) is 0 Å². The summed E-state index contributed by atoms with van der Waals surface area (Å²) < 4.78 is 5.43. The Balaban J connectivity index is 0.00000112. The van der Waals surface area contributed by atoms with Crippen LogP contribution < -0.4 is 5.01 Å². The van der Waals surface area contributed by atoms with E-state index >= 15 is 0 Å². The summed E-state index contributed by atoms with van der Waals surface area (Å²) in [5.41, 5.74) is 2.58. The van der Waals surface area contributed by atoms with Crippen LogP contribution in [0.15, 0.2) is 64.2 Å². The highest BCUT2D eigenvalue weighted by Crippen LogP contribution is 2.28. The van der Waals surface area contributed by atoms with Crippen molar-refractivity contribution in [2.24, 2.45) is 5.10 Å². The second-order valence-electron chi connectivity index (χ2n) is 7.05. The highest BCUT2D eigenvalue weighted by Gasteiger charge is 2.38. The van der Waals surface area contributed by atoms with E-state index in [4.69, 9.17) is 21.2 Å². The van der Waals surface area contributed by atoms with Crippen molar-refractivity contribution in [1.29, 1.82) is 0 Å². The normalized spacial score (nSPS) is 18.1. The van der Waals surface area contributed by atoms with Crippen LogP contribution in [0, 0.1) is 0 Å². The van der Waals surface area contributed by atoms with Gasteiger partial charge in [-0.3, -0.25) is 4.79 Å². The molecule has 1 atom stereocenters. The average Bonchev–Trinajstić information content (AvgIpc) is 3.55. The van der Waals surface area contributed by atoms with Crippen molar-refractivity contribution in [1.82, 2.24) is 15.0 Å². The molecule has 31 heavy (non-hydrogen) atoms. The number of rotatable bonds is 4. The third-order valence-corrected chi connectivity index (χ3v) is 5.44. The molecule has 8 heteroatoms. The Hall–Kier alpha value is -3.19. The Morgan fingerprint density at radius 2 is 1.77 bits per heavy atom. The molecule has 5 rings (SSSR count). The van der Waals surface area contributed by atoms with Gasteiger partial charge in [-0.2, -0.15) is 10.1 Å². The zero-order chi connectivity index (χ0) is 21.8. The van der Waals surface area contributed by atoms with Crippen LogP contribution in [0.25, 0.3) is 11.5 Å². The largest absolute Gasteiger partial charge is 0.332 e. The van der Waals surface area contributed by atoms with Crippen LogP contribution in [0.4, 0.5) is 5.95 Å². The van der Waals surface area contributed by atoms with Crippen molar-refractivity contribution in [2.75, 3.05) is 18.1 Å². The van der Waals surface area contributed by atoms with Crippen LogP contribution in [0.5, 0.6) is 0 Å². The smallest absolute Gasteiger partial charge is 0.286 e. The molecule has 2 aliphatic rings. The molecule has 0 saturated carbocycles. The number of benzene rings is 2. The van der Waals surface area contributed by atoms with E-state index in [0.29, 0.717) is 29.8 Å². The standard InChI is InChI=1S/C21H18ClN5O2.C2H6/c22-16-10-8-14(9-11-16)19-17(26-12-4-7-18(26)28)13-27(24-19)21-23-20(29-25-21)15-5-2-1-3-6-15;1-2/h1-3,5-6,8-11,17H,4,7,12-13H2;1-2H3. The highest BCUT2D eigenvalue weighted by atomic mass is 35.5. The van der Waals surface area contributed by atoms with E-state index in [9.17, 15) is 4.79 Å². The van der Waals surface area contributed by atoms with E-state index in [1.807, 2.05) is 73.3 Å². The molecule has 2 aromatic carbocycles. The van der Waals surface area contributed by atoms with Gasteiger partial charge in [-0.15, -0.1) is 0 Å². The van der Waals surface area contributed by atoms with E-state index in [1.54, 1.807) is 5.01 Å². The van der Waals surface area contributed by atoms with Gasteiger partial charge in [0.1, 0.15) is 0 Å². The summed E-state index contributed by atoms with van der Waals surface area (Å²) in [5, 5.41) is 11.2. The molecular formula is C23H24ClN5O2. The maximum absolute atomic E-state index is 12.4. The summed E-state index contributed by atoms with van der Waals surface area (Å²) in [6, 6.07) is 16.9. The van der Waals surface area contributed by atoms with Gasteiger partial charge < -0.3 is 9.42 Å². The number of likely N-dealkylation sites (tertiary alicyclic amines) is 1. The first kappa shape index (κ1) is 21.1. The maximum atomic E-state index is 12.4. The van der Waals surface area contributed by atoms with Gasteiger partial charge in [0.15, 0.2) is 0 Å². The number of hydrogen-bond acceptors (Lipinski definition) is 6. The number of aromatic nitrogens is 2. The maximum Gasteiger partial charge on any atom is 0.286 e. The number of amides is 1. The van der Waals surface area contributed by atoms with Gasteiger partial charge in [0.2, 0.25) is 5.91 Å². The molecule has 0 bridgehead atoms. The first-order valence-corrected chi connectivity index (χ1v) is 10.9. The minimum absolute atomic E-state index is 0.150. The second-order valence-corrected chi connectivity index (χ2v) is 7.48. The number of halogens is 1. The summed E-state index contributed by atoms with van der Waals surface area (Å²) in [6.45, 7) is 5.21. The van der Waals surface area contributed by atoms with E-state index in [1.165, 1.54) is 0 Å². The molecule has 3 heterocycles. The number of carbonyl (C=O) groups is 1. The predicted octanol–water partition coefficient (Wildman–Crippen LogP) is 4.63. The van der Waals surface area contributed by atoms with Crippen LogP contribution in [0.2, 0.25) is 5.02 Å². The fourth-order valence-electron chi connectivity index (χ4n) is 3.75. The van der Waals surface area contributed by atoms with Crippen molar-refractivity contribution in [3.63, 3.8) is 0 Å². The Morgan fingerprint density at radius 3 is 2.45 bits per heavy atom. The van der Waals surface area contributed by atoms with E-state index < -0.39 is 0 Å².